The topological polar surface area (TPSA) is 52.6 Å². The number of carbonyl (C=O) groups is 2. The highest BCUT2D eigenvalue weighted by Gasteiger charge is 2.68. The fourth-order valence-corrected chi connectivity index (χ4v) is 2.42. The summed E-state index contributed by atoms with van der Waals surface area (Å²) in [4.78, 5) is 24.2. The Kier molecular flexibility index (Phi) is 2.84. The fourth-order valence-electron chi connectivity index (χ4n) is 2.42. The number of rotatable bonds is 3. The van der Waals surface area contributed by atoms with Crippen LogP contribution in [0.5, 0.6) is 0 Å². The SMILES string of the molecule is C=C[C@@]1(C)COC(=O)[C@]12OC(CC(C)C)=CC2=O. The van der Waals surface area contributed by atoms with Gasteiger partial charge in [0.1, 0.15) is 12.4 Å². The normalized spacial score (nSPS) is 34.8. The summed E-state index contributed by atoms with van der Waals surface area (Å²) in [6, 6.07) is 0. The van der Waals surface area contributed by atoms with Crippen LogP contribution in [-0.2, 0) is 19.1 Å². The van der Waals surface area contributed by atoms with E-state index in [1.807, 2.05) is 13.8 Å². The molecule has 0 saturated carbocycles. The molecular formula is C14H18O4. The molecule has 0 aromatic rings. The summed E-state index contributed by atoms with van der Waals surface area (Å²) in [6.45, 7) is 9.64. The van der Waals surface area contributed by atoms with Gasteiger partial charge in [-0.15, -0.1) is 6.58 Å². The van der Waals surface area contributed by atoms with Crippen LogP contribution in [-0.4, -0.2) is 24.0 Å². The molecule has 2 heterocycles. The molecule has 1 spiro atoms. The van der Waals surface area contributed by atoms with Gasteiger partial charge in [0.05, 0.1) is 5.41 Å². The monoisotopic (exact) mass is 250 g/mol. The molecule has 2 aliphatic heterocycles. The maximum Gasteiger partial charge on any atom is 0.359 e. The van der Waals surface area contributed by atoms with Gasteiger partial charge in [0.2, 0.25) is 5.78 Å². The van der Waals surface area contributed by atoms with Crippen molar-refractivity contribution in [3.05, 3.63) is 24.5 Å². The van der Waals surface area contributed by atoms with Crippen LogP contribution in [0.1, 0.15) is 27.2 Å². The average Bonchev–Trinajstić information content (AvgIpc) is 2.74. The average molecular weight is 250 g/mol. The Labute approximate surface area is 107 Å². The Bertz CT molecular complexity index is 449. The van der Waals surface area contributed by atoms with E-state index in [9.17, 15) is 9.59 Å². The molecule has 2 aliphatic rings. The van der Waals surface area contributed by atoms with Crippen LogP contribution in [0.15, 0.2) is 24.5 Å². The molecule has 1 fully saturated rings. The summed E-state index contributed by atoms with van der Waals surface area (Å²) in [6.07, 6.45) is 3.63. The first kappa shape index (κ1) is 12.9. The van der Waals surface area contributed by atoms with Gasteiger partial charge in [-0.2, -0.15) is 0 Å². The number of cyclic esters (lactones) is 1. The van der Waals surface area contributed by atoms with Crippen molar-refractivity contribution >= 4 is 11.8 Å². The summed E-state index contributed by atoms with van der Waals surface area (Å²) in [5.41, 5.74) is -2.35. The first-order valence-corrected chi connectivity index (χ1v) is 6.10. The van der Waals surface area contributed by atoms with Gasteiger partial charge in [0, 0.05) is 12.5 Å². The zero-order valence-corrected chi connectivity index (χ0v) is 11.0. The van der Waals surface area contributed by atoms with Crippen molar-refractivity contribution in [3.8, 4) is 0 Å². The van der Waals surface area contributed by atoms with E-state index in [0.29, 0.717) is 18.1 Å². The van der Waals surface area contributed by atoms with Crippen molar-refractivity contribution in [3.63, 3.8) is 0 Å². The van der Waals surface area contributed by atoms with Crippen LogP contribution in [0.3, 0.4) is 0 Å². The molecule has 0 N–H and O–H groups in total. The Morgan fingerprint density at radius 2 is 2.17 bits per heavy atom. The number of ether oxygens (including phenoxy) is 2. The molecule has 0 radical (unpaired) electrons. The van der Waals surface area contributed by atoms with Gasteiger partial charge < -0.3 is 9.47 Å². The summed E-state index contributed by atoms with van der Waals surface area (Å²) < 4.78 is 10.7. The van der Waals surface area contributed by atoms with Crippen LogP contribution in [0.25, 0.3) is 0 Å². The quantitative estimate of drug-likeness (QED) is 0.437. The minimum Gasteiger partial charge on any atom is -0.470 e. The molecule has 2 atom stereocenters. The number of carbonyl (C=O) groups excluding carboxylic acids is 2. The lowest BCUT2D eigenvalue weighted by molar-refractivity contribution is -0.160. The van der Waals surface area contributed by atoms with Crippen molar-refractivity contribution in [2.24, 2.45) is 11.3 Å². The van der Waals surface area contributed by atoms with Crippen LogP contribution in [0.4, 0.5) is 0 Å². The second-order valence-corrected chi connectivity index (χ2v) is 5.55. The van der Waals surface area contributed by atoms with Gasteiger partial charge in [-0.3, -0.25) is 4.79 Å². The highest BCUT2D eigenvalue weighted by Crippen LogP contribution is 2.48. The summed E-state index contributed by atoms with van der Waals surface area (Å²) in [5, 5.41) is 0. The smallest absolute Gasteiger partial charge is 0.359 e. The molecule has 98 valence electrons. The van der Waals surface area contributed by atoms with Crippen LogP contribution in [0, 0.1) is 11.3 Å². The molecule has 0 aliphatic carbocycles. The van der Waals surface area contributed by atoms with Crippen molar-refractivity contribution in [1.82, 2.24) is 0 Å². The molecule has 0 unspecified atom stereocenters. The molecule has 0 bridgehead atoms. The maximum atomic E-state index is 12.2. The lowest BCUT2D eigenvalue weighted by atomic mass is 9.73. The van der Waals surface area contributed by atoms with E-state index in [-0.39, 0.29) is 12.4 Å². The zero-order chi connectivity index (χ0) is 13.6. The largest absolute Gasteiger partial charge is 0.470 e. The van der Waals surface area contributed by atoms with Crippen molar-refractivity contribution in [2.75, 3.05) is 6.61 Å². The summed E-state index contributed by atoms with van der Waals surface area (Å²) in [7, 11) is 0. The predicted molar refractivity (Wildman–Crippen MR) is 65.6 cm³/mol. The van der Waals surface area contributed by atoms with E-state index in [4.69, 9.17) is 9.47 Å². The fraction of sp³-hybridized carbons (Fsp3) is 0.571. The van der Waals surface area contributed by atoms with Gasteiger partial charge in [0.25, 0.3) is 5.60 Å². The van der Waals surface area contributed by atoms with Crippen LogP contribution >= 0.6 is 0 Å². The molecule has 4 nitrogen and oxygen atoms in total. The third kappa shape index (κ3) is 1.51. The maximum absolute atomic E-state index is 12.2. The molecule has 2 rings (SSSR count). The standard InChI is InChI=1S/C14H18O4/c1-5-13(4)8-17-12(16)14(13)11(15)7-10(18-14)6-9(2)3/h5,7,9H,1,6,8H2,2-4H3/t13-,14-/m0/s1. The van der Waals surface area contributed by atoms with E-state index < -0.39 is 17.0 Å². The third-order valence-corrected chi connectivity index (χ3v) is 3.58. The van der Waals surface area contributed by atoms with Crippen molar-refractivity contribution in [1.29, 1.82) is 0 Å². The van der Waals surface area contributed by atoms with Gasteiger partial charge in [-0.1, -0.05) is 19.9 Å². The molecule has 0 aromatic carbocycles. The number of allylic oxidation sites excluding steroid dienone is 1. The van der Waals surface area contributed by atoms with Gasteiger partial charge in [0.15, 0.2) is 0 Å². The lowest BCUT2D eigenvalue weighted by Gasteiger charge is -2.32. The second kappa shape index (κ2) is 3.97. The van der Waals surface area contributed by atoms with E-state index in [1.165, 1.54) is 6.08 Å². The number of ketones is 1. The molecular weight excluding hydrogens is 232 g/mol. The number of hydrogen-bond acceptors (Lipinski definition) is 4. The molecule has 1 saturated heterocycles. The predicted octanol–water partition coefficient (Wildman–Crippen LogP) is 2.00. The van der Waals surface area contributed by atoms with E-state index in [2.05, 4.69) is 6.58 Å². The number of esters is 1. The van der Waals surface area contributed by atoms with Gasteiger partial charge in [-0.05, 0) is 12.8 Å². The van der Waals surface area contributed by atoms with Gasteiger partial charge in [-0.25, -0.2) is 4.79 Å². The van der Waals surface area contributed by atoms with Crippen LogP contribution < -0.4 is 0 Å². The minimum absolute atomic E-state index is 0.129. The third-order valence-electron chi connectivity index (χ3n) is 3.58. The number of hydrogen-bond donors (Lipinski definition) is 0. The summed E-state index contributed by atoms with van der Waals surface area (Å²) in [5.74, 6) is -0.0264. The first-order valence-electron chi connectivity index (χ1n) is 6.10. The molecule has 0 aromatic heterocycles. The van der Waals surface area contributed by atoms with E-state index in [0.717, 1.165) is 0 Å². The zero-order valence-electron chi connectivity index (χ0n) is 11.0. The Morgan fingerprint density at radius 1 is 1.50 bits per heavy atom. The van der Waals surface area contributed by atoms with Crippen LogP contribution in [0.2, 0.25) is 0 Å². The Hall–Kier alpha value is -1.58. The van der Waals surface area contributed by atoms with E-state index >= 15 is 0 Å². The Morgan fingerprint density at radius 3 is 2.72 bits per heavy atom. The summed E-state index contributed by atoms with van der Waals surface area (Å²) >= 11 is 0. The van der Waals surface area contributed by atoms with Crippen molar-refractivity contribution < 1.29 is 19.1 Å². The molecule has 0 amide bonds. The second-order valence-electron chi connectivity index (χ2n) is 5.55. The van der Waals surface area contributed by atoms with E-state index in [1.54, 1.807) is 13.0 Å². The lowest BCUT2D eigenvalue weighted by Crippen LogP contribution is -2.52. The minimum atomic E-state index is -1.54. The first-order chi connectivity index (χ1) is 8.35. The molecule has 4 heteroatoms. The molecule has 18 heavy (non-hydrogen) atoms. The highest BCUT2D eigenvalue weighted by atomic mass is 16.6. The van der Waals surface area contributed by atoms with Crippen molar-refractivity contribution in [2.45, 2.75) is 32.8 Å². The van der Waals surface area contributed by atoms with Gasteiger partial charge >= 0.3 is 5.97 Å². The Balaban J connectivity index is 2.36. The highest BCUT2D eigenvalue weighted by molar-refractivity contribution is 6.16.